The Bertz CT molecular complexity index is 8960. The van der Waals surface area contributed by atoms with Gasteiger partial charge < -0.3 is 13.7 Å². The molecule has 22 aromatic carbocycles. The van der Waals surface area contributed by atoms with Crippen molar-refractivity contribution < 1.29 is 0 Å². The number of rotatable bonds is 14. The van der Waals surface area contributed by atoms with E-state index in [9.17, 15) is 0 Å². The third-order valence-corrected chi connectivity index (χ3v) is 30.0. The van der Waals surface area contributed by atoms with E-state index in [1.165, 1.54) is 227 Å². The van der Waals surface area contributed by atoms with Crippen LogP contribution in [-0.2, 0) is 10.8 Å². The number of benzene rings is 22. The van der Waals surface area contributed by atoms with Gasteiger partial charge in [0.1, 0.15) is 0 Å². The molecule has 0 saturated carbocycles. The lowest BCUT2D eigenvalue weighted by atomic mass is 9.67. The summed E-state index contributed by atoms with van der Waals surface area (Å²) in [6.07, 6.45) is 0. The van der Waals surface area contributed by atoms with E-state index in [2.05, 4.69) is 548 Å². The minimum absolute atomic E-state index is 0.174. The predicted molar refractivity (Wildman–Crippen MR) is 576 cm³/mol. The van der Waals surface area contributed by atoms with Crippen molar-refractivity contribution in [1.29, 1.82) is 0 Å². The predicted octanol–water partition coefficient (Wildman–Crippen LogP) is 34.6. The monoisotopic (exact) mass is 1750 g/mol. The molecule has 0 aliphatic heterocycles. The quantitative estimate of drug-likeness (QED) is 0.103. The number of hydrogen-bond acceptors (Lipinski definition) is 0. The maximum Gasteiger partial charge on any atom is 0.0714 e. The lowest BCUT2D eigenvalue weighted by Gasteiger charge is -2.34. The standard InChI is InChI=1S/C68H45N.C67H44N2/c1-5-17-45(18-6-1)47-29-31-49(32-30-47)67-57-27-14-13-25-55(57)59-41-50(35-39-58(59)67)51-36-40-65-61(42-51)62-43-60-56-26-15-16-28-63(56)68(52-21-9-3-10-22-52,53-23-11-4-12-24-53)64(60)44-66(62)69(65)54-37-33-48(34-38-54)46-19-7-2-8-20-46;1-5-17-45(18-6-1)47-29-35-53(36-30-47)68-63-28-16-14-26-56(63)58-41-49(33-39-64(58)68)50-34-40-65-59(42-50)60-43-62-57(44-66(60)69(65)54-37-31-48(32-38-54)46-19-7-2-8-20-46)55-25-13-15-27-61(55)67(62,51-21-9-3-10-22-51)52-23-11-4-12-24-52/h1-44,67H;1-44H. The van der Waals surface area contributed by atoms with Crippen molar-refractivity contribution in [2.75, 3.05) is 0 Å². The molecule has 644 valence electrons. The molecule has 138 heavy (non-hydrogen) atoms. The van der Waals surface area contributed by atoms with Crippen LogP contribution in [0.2, 0.25) is 0 Å². The highest BCUT2D eigenvalue weighted by molar-refractivity contribution is 6.16. The minimum Gasteiger partial charge on any atom is -0.309 e. The number of aromatic nitrogens is 3. The molecule has 1 atom stereocenters. The molecule has 3 heterocycles. The van der Waals surface area contributed by atoms with Crippen LogP contribution in [0.3, 0.4) is 0 Å². The highest BCUT2D eigenvalue weighted by Gasteiger charge is 2.49. The Hall–Kier alpha value is -17.8. The van der Waals surface area contributed by atoms with Gasteiger partial charge in [-0.15, -0.1) is 0 Å². The molecule has 0 spiro atoms. The van der Waals surface area contributed by atoms with Gasteiger partial charge in [-0.05, 0) is 271 Å². The first-order valence-corrected chi connectivity index (χ1v) is 48.0. The van der Waals surface area contributed by atoms with Crippen molar-refractivity contribution >= 4 is 65.4 Å². The van der Waals surface area contributed by atoms with Crippen molar-refractivity contribution in [2.24, 2.45) is 0 Å². The highest BCUT2D eigenvalue weighted by Crippen LogP contribution is 2.61. The van der Waals surface area contributed by atoms with Crippen LogP contribution in [0.4, 0.5) is 0 Å². The zero-order chi connectivity index (χ0) is 90.9. The number of hydrogen-bond donors (Lipinski definition) is 0. The van der Waals surface area contributed by atoms with Gasteiger partial charge >= 0.3 is 0 Å². The molecule has 3 nitrogen and oxygen atoms in total. The SMILES string of the molecule is c1ccc(-c2ccc(-n3c4ccccc4c4cc(-c5ccc6c(c5)c5cc7c(cc5n6-c5ccc(-c6ccccc6)cc5)-c5ccccc5C7(c5ccccc5)c5ccccc5)ccc43)cc2)cc1.c1ccc(-c2ccc(C3c4ccccc4-c4cc(-c5ccc6c(c5)c5cc7c(cc5n6-c5ccc(-c6ccccc6)cc5)C(c5ccccc5)(c5ccccc5)c5ccccc5-7)ccc43)cc2)cc1. The highest BCUT2D eigenvalue weighted by atomic mass is 15.0. The summed E-state index contributed by atoms with van der Waals surface area (Å²) in [5.74, 6) is 0.174. The second-order valence-corrected chi connectivity index (χ2v) is 37.2. The van der Waals surface area contributed by atoms with Crippen LogP contribution in [0, 0.1) is 0 Å². The van der Waals surface area contributed by atoms with Crippen molar-refractivity contribution in [3.8, 4) is 117 Å². The molecule has 0 saturated heterocycles. The van der Waals surface area contributed by atoms with Gasteiger partial charge in [0, 0.05) is 55.3 Å². The third kappa shape index (κ3) is 12.7. The average molecular weight is 1750 g/mol. The molecule has 0 bridgehead atoms. The van der Waals surface area contributed by atoms with E-state index in [4.69, 9.17) is 0 Å². The molecular weight excluding hydrogens is 1660 g/mol. The average Bonchev–Trinajstić information content (AvgIpc) is 1.53. The zero-order valence-electron chi connectivity index (χ0n) is 75.7. The van der Waals surface area contributed by atoms with Gasteiger partial charge in [-0.2, -0.15) is 0 Å². The molecule has 0 radical (unpaired) electrons. The van der Waals surface area contributed by atoms with Crippen LogP contribution >= 0.6 is 0 Å². The zero-order valence-corrected chi connectivity index (χ0v) is 75.7. The van der Waals surface area contributed by atoms with Gasteiger partial charge in [0.05, 0.1) is 43.9 Å². The smallest absolute Gasteiger partial charge is 0.0714 e. The summed E-state index contributed by atoms with van der Waals surface area (Å²) >= 11 is 0. The Morgan fingerprint density at radius 2 is 0.428 bits per heavy atom. The third-order valence-electron chi connectivity index (χ3n) is 30.0. The molecule has 3 aliphatic carbocycles. The fraction of sp³-hybridized carbons (Fsp3) is 0.0222. The summed E-state index contributed by atoms with van der Waals surface area (Å²) in [6.45, 7) is 0. The van der Waals surface area contributed by atoms with Crippen molar-refractivity contribution in [3.05, 3.63) is 595 Å². The maximum atomic E-state index is 2.53. The summed E-state index contributed by atoms with van der Waals surface area (Å²) in [4.78, 5) is 0. The van der Waals surface area contributed by atoms with Gasteiger partial charge in [0.15, 0.2) is 0 Å². The molecule has 0 fully saturated rings. The fourth-order valence-corrected chi connectivity index (χ4v) is 23.8. The fourth-order valence-electron chi connectivity index (χ4n) is 23.8. The van der Waals surface area contributed by atoms with Crippen LogP contribution in [0.25, 0.3) is 183 Å². The molecule has 3 aromatic heterocycles. The molecule has 1 unspecified atom stereocenters. The Balaban J connectivity index is 0.000000139. The Labute approximate surface area is 802 Å². The first-order valence-electron chi connectivity index (χ1n) is 48.0. The molecule has 0 amide bonds. The van der Waals surface area contributed by atoms with E-state index >= 15 is 0 Å². The van der Waals surface area contributed by atoms with Crippen molar-refractivity contribution in [2.45, 2.75) is 16.7 Å². The normalized spacial score (nSPS) is 13.4. The lowest BCUT2D eigenvalue weighted by molar-refractivity contribution is 0.769. The minimum atomic E-state index is -0.507. The van der Waals surface area contributed by atoms with E-state index in [1.54, 1.807) is 0 Å². The summed E-state index contributed by atoms with van der Waals surface area (Å²) in [5.41, 5.74) is 46.2. The topological polar surface area (TPSA) is 14.8 Å². The van der Waals surface area contributed by atoms with Crippen LogP contribution in [-0.4, -0.2) is 13.7 Å². The first-order chi connectivity index (χ1) is 68.4. The summed E-state index contributed by atoms with van der Waals surface area (Å²) < 4.78 is 7.39. The molecule has 25 aromatic rings. The summed E-state index contributed by atoms with van der Waals surface area (Å²) in [5, 5.41) is 7.43. The largest absolute Gasteiger partial charge is 0.309 e. The van der Waals surface area contributed by atoms with Gasteiger partial charge in [0.25, 0.3) is 0 Å². The van der Waals surface area contributed by atoms with Crippen LogP contribution in [0.15, 0.2) is 534 Å². The maximum absolute atomic E-state index is 2.53. The number of para-hydroxylation sites is 1. The van der Waals surface area contributed by atoms with E-state index in [1.807, 2.05) is 0 Å². The second-order valence-electron chi connectivity index (χ2n) is 37.2. The summed E-state index contributed by atoms with van der Waals surface area (Å²) in [7, 11) is 0. The Kier molecular flexibility index (Phi) is 18.9. The van der Waals surface area contributed by atoms with Crippen molar-refractivity contribution in [3.63, 3.8) is 0 Å². The summed E-state index contributed by atoms with van der Waals surface area (Å²) in [6, 6.07) is 198. The molecule has 28 rings (SSSR count). The van der Waals surface area contributed by atoms with Crippen molar-refractivity contribution in [1.82, 2.24) is 13.7 Å². The van der Waals surface area contributed by atoms with E-state index in [-0.39, 0.29) is 5.92 Å². The van der Waals surface area contributed by atoms with Gasteiger partial charge in [-0.25, -0.2) is 0 Å². The number of fused-ring (bicyclic) bond motifs is 18. The second kappa shape index (κ2) is 32.6. The van der Waals surface area contributed by atoms with Gasteiger partial charge in [0.2, 0.25) is 0 Å². The molecule has 3 heteroatoms. The Morgan fingerprint density at radius 1 is 0.145 bits per heavy atom. The Morgan fingerprint density at radius 3 is 0.862 bits per heavy atom. The van der Waals surface area contributed by atoms with Crippen LogP contribution < -0.4 is 0 Å². The van der Waals surface area contributed by atoms with E-state index in [0.29, 0.717) is 0 Å². The first kappa shape index (κ1) is 79.9. The lowest BCUT2D eigenvalue weighted by Crippen LogP contribution is -2.28. The van der Waals surface area contributed by atoms with E-state index < -0.39 is 10.8 Å². The van der Waals surface area contributed by atoms with Gasteiger partial charge in [-0.3, -0.25) is 0 Å². The molecule has 0 N–H and O–H groups in total. The van der Waals surface area contributed by atoms with Crippen LogP contribution in [0.1, 0.15) is 67.1 Å². The molecule has 3 aliphatic rings. The van der Waals surface area contributed by atoms with E-state index in [0.717, 1.165) is 17.1 Å². The number of nitrogens with zero attached hydrogens (tertiary/aromatic N) is 3. The molecular formula is C135H89N3. The van der Waals surface area contributed by atoms with Crippen LogP contribution in [0.5, 0.6) is 0 Å². The van der Waals surface area contributed by atoms with Gasteiger partial charge in [-0.1, -0.05) is 425 Å².